The van der Waals surface area contributed by atoms with Crippen LogP contribution in [0.25, 0.3) is 0 Å². The Labute approximate surface area is 120 Å². The third-order valence-corrected chi connectivity index (χ3v) is 2.88. The summed E-state index contributed by atoms with van der Waals surface area (Å²) in [6.07, 6.45) is 0.338. The van der Waals surface area contributed by atoms with Gasteiger partial charge >= 0.3 is 5.97 Å². The summed E-state index contributed by atoms with van der Waals surface area (Å²) in [7, 11) is 0. The minimum atomic E-state index is -0.898. The Morgan fingerprint density at radius 2 is 1.70 bits per heavy atom. The number of benzene rings is 1. The molecule has 0 spiro atoms. The monoisotopic (exact) mass is 277 g/mol. The first kappa shape index (κ1) is 16.2. The highest BCUT2D eigenvalue weighted by atomic mass is 16.4. The van der Waals surface area contributed by atoms with Gasteiger partial charge in [-0.15, -0.1) is 0 Å². The maximum absolute atomic E-state index is 12.4. The van der Waals surface area contributed by atoms with Gasteiger partial charge in [0.1, 0.15) is 0 Å². The molecule has 1 rings (SSSR count). The molecule has 1 aromatic carbocycles. The lowest BCUT2D eigenvalue weighted by atomic mass is 9.91. The van der Waals surface area contributed by atoms with Crippen LogP contribution < -0.4 is 4.90 Å². The van der Waals surface area contributed by atoms with Crippen LogP contribution in [0, 0.1) is 12.3 Å². The van der Waals surface area contributed by atoms with E-state index < -0.39 is 5.97 Å². The molecule has 0 atom stereocenters. The molecule has 0 radical (unpaired) electrons. The van der Waals surface area contributed by atoms with Crippen molar-refractivity contribution < 1.29 is 14.7 Å². The highest BCUT2D eigenvalue weighted by Gasteiger charge is 2.22. The van der Waals surface area contributed by atoms with Crippen molar-refractivity contribution in [3.05, 3.63) is 29.8 Å². The first-order chi connectivity index (χ1) is 9.19. The number of amides is 1. The third kappa shape index (κ3) is 5.43. The first-order valence-corrected chi connectivity index (χ1v) is 6.78. The molecule has 0 heterocycles. The van der Waals surface area contributed by atoms with Gasteiger partial charge in [-0.05, 0) is 24.5 Å². The van der Waals surface area contributed by atoms with Crippen LogP contribution in [0.4, 0.5) is 5.69 Å². The van der Waals surface area contributed by atoms with Gasteiger partial charge in [-0.2, -0.15) is 0 Å². The van der Waals surface area contributed by atoms with Gasteiger partial charge in [0, 0.05) is 18.7 Å². The first-order valence-electron chi connectivity index (χ1n) is 6.78. The van der Waals surface area contributed by atoms with Crippen LogP contribution in [0.1, 0.15) is 39.2 Å². The second-order valence-corrected chi connectivity index (χ2v) is 6.26. The lowest BCUT2D eigenvalue weighted by Gasteiger charge is -2.26. The maximum atomic E-state index is 12.4. The molecule has 0 aromatic heterocycles. The summed E-state index contributed by atoms with van der Waals surface area (Å²) in [4.78, 5) is 24.7. The van der Waals surface area contributed by atoms with Crippen molar-refractivity contribution in [3.63, 3.8) is 0 Å². The van der Waals surface area contributed by atoms with Gasteiger partial charge < -0.3 is 10.0 Å². The van der Waals surface area contributed by atoms with Gasteiger partial charge in [-0.3, -0.25) is 9.59 Å². The third-order valence-electron chi connectivity index (χ3n) is 2.88. The van der Waals surface area contributed by atoms with Crippen molar-refractivity contribution in [1.82, 2.24) is 0 Å². The summed E-state index contributed by atoms with van der Waals surface area (Å²) < 4.78 is 0. The van der Waals surface area contributed by atoms with E-state index in [1.807, 2.05) is 52.0 Å². The molecule has 0 saturated carbocycles. The lowest BCUT2D eigenvalue weighted by Crippen LogP contribution is -2.35. The fourth-order valence-corrected chi connectivity index (χ4v) is 1.88. The number of hydrogen-bond donors (Lipinski definition) is 1. The van der Waals surface area contributed by atoms with E-state index in [1.54, 1.807) is 4.90 Å². The zero-order chi connectivity index (χ0) is 15.3. The number of carbonyl (C=O) groups is 2. The van der Waals surface area contributed by atoms with E-state index in [0.29, 0.717) is 6.42 Å². The summed E-state index contributed by atoms with van der Waals surface area (Å²) in [5, 5.41) is 8.83. The second kappa shape index (κ2) is 6.55. The Bertz CT molecular complexity index is 471. The van der Waals surface area contributed by atoms with E-state index >= 15 is 0 Å². The summed E-state index contributed by atoms with van der Waals surface area (Å²) in [5.74, 6) is -0.937. The molecule has 0 bridgehead atoms. The van der Waals surface area contributed by atoms with Crippen molar-refractivity contribution in [1.29, 1.82) is 0 Å². The predicted octanol–water partition coefficient (Wildman–Crippen LogP) is 3.24. The van der Waals surface area contributed by atoms with E-state index in [0.717, 1.165) is 11.3 Å². The minimum absolute atomic E-state index is 0.0393. The van der Waals surface area contributed by atoms with E-state index in [-0.39, 0.29) is 24.3 Å². The van der Waals surface area contributed by atoms with Crippen LogP contribution in [-0.2, 0) is 9.59 Å². The number of aryl methyl sites for hydroxylation is 1. The van der Waals surface area contributed by atoms with Crippen molar-refractivity contribution in [2.24, 2.45) is 5.41 Å². The van der Waals surface area contributed by atoms with Crippen LogP contribution >= 0.6 is 0 Å². The summed E-state index contributed by atoms with van der Waals surface area (Å²) >= 11 is 0. The normalized spacial score (nSPS) is 11.2. The quantitative estimate of drug-likeness (QED) is 0.899. The van der Waals surface area contributed by atoms with Gasteiger partial charge in [0.25, 0.3) is 0 Å². The molecule has 1 amide bonds. The van der Waals surface area contributed by atoms with E-state index in [9.17, 15) is 9.59 Å². The molecule has 0 fully saturated rings. The molecule has 4 nitrogen and oxygen atoms in total. The Morgan fingerprint density at radius 3 is 2.15 bits per heavy atom. The largest absolute Gasteiger partial charge is 0.481 e. The number of carbonyl (C=O) groups excluding carboxylic acids is 1. The number of carboxylic acid groups (broad SMARTS) is 1. The van der Waals surface area contributed by atoms with Gasteiger partial charge in [0.2, 0.25) is 5.91 Å². The van der Waals surface area contributed by atoms with Gasteiger partial charge in [0.15, 0.2) is 0 Å². The van der Waals surface area contributed by atoms with E-state index in [1.165, 1.54) is 0 Å². The maximum Gasteiger partial charge on any atom is 0.305 e. The van der Waals surface area contributed by atoms with Crippen LogP contribution in [0.2, 0.25) is 0 Å². The van der Waals surface area contributed by atoms with Gasteiger partial charge in [-0.25, -0.2) is 0 Å². The molecule has 0 aliphatic rings. The Kier molecular flexibility index (Phi) is 5.31. The standard InChI is InChI=1S/C16H23NO3/c1-12-5-7-13(8-6-12)17(10-9-15(19)20)14(18)11-16(2,3)4/h5-8H,9-11H2,1-4H3,(H,19,20). The predicted molar refractivity (Wildman–Crippen MR) is 79.9 cm³/mol. The van der Waals surface area contributed by atoms with Crippen LogP contribution in [0.15, 0.2) is 24.3 Å². The molecule has 0 saturated heterocycles. The molecule has 20 heavy (non-hydrogen) atoms. The summed E-state index contributed by atoms with van der Waals surface area (Å²) in [5.41, 5.74) is 1.74. The number of hydrogen-bond acceptors (Lipinski definition) is 2. The zero-order valence-electron chi connectivity index (χ0n) is 12.6. The Balaban J connectivity index is 2.92. The fraction of sp³-hybridized carbons (Fsp3) is 0.500. The van der Waals surface area contributed by atoms with E-state index in [4.69, 9.17) is 5.11 Å². The summed E-state index contributed by atoms with van der Waals surface area (Å²) in [6, 6.07) is 7.57. The fourth-order valence-electron chi connectivity index (χ4n) is 1.88. The molecular weight excluding hydrogens is 254 g/mol. The van der Waals surface area contributed by atoms with E-state index in [2.05, 4.69) is 0 Å². The van der Waals surface area contributed by atoms with Crippen molar-refractivity contribution in [3.8, 4) is 0 Å². The van der Waals surface area contributed by atoms with Crippen LogP contribution in [0.3, 0.4) is 0 Å². The molecule has 110 valence electrons. The molecular formula is C16H23NO3. The molecule has 1 N–H and O–H groups in total. The topological polar surface area (TPSA) is 57.6 Å². The number of anilines is 1. The van der Waals surface area contributed by atoms with Crippen molar-refractivity contribution in [2.45, 2.75) is 40.5 Å². The van der Waals surface area contributed by atoms with Crippen LogP contribution in [-0.4, -0.2) is 23.5 Å². The number of rotatable bonds is 5. The van der Waals surface area contributed by atoms with Crippen molar-refractivity contribution >= 4 is 17.6 Å². The molecule has 4 heteroatoms. The molecule has 1 aromatic rings. The summed E-state index contributed by atoms with van der Waals surface area (Å²) in [6.45, 7) is 8.16. The van der Waals surface area contributed by atoms with Gasteiger partial charge in [-0.1, -0.05) is 38.5 Å². The van der Waals surface area contributed by atoms with Crippen molar-refractivity contribution in [2.75, 3.05) is 11.4 Å². The second-order valence-electron chi connectivity index (χ2n) is 6.26. The molecule has 0 aliphatic carbocycles. The SMILES string of the molecule is Cc1ccc(N(CCC(=O)O)C(=O)CC(C)(C)C)cc1. The number of carboxylic acids is 1. The van der Waals surface area contributed by atoms with Gasteiger partial charge in [0.05, 0.1) is 6.42 Å². The number of nitrogens with zero attached hydrogens (tertiary/aromatic N) is 1. The highest BCUT2D eigenvalue weighted by Crippen LogP contribution is 2.23. The molecule has 0 unspecified atom stereocenters. The zero-order valence-corrected chi connectivity index (χ0v) is 12.6. The average Bonchev–Trinajstić information content (AvgIpc) is 2.29. The number of aliphatic carboxylic acids is 1. The minimum Gasteiger partial charge on any atom is -0.481 e. The smallest absolute Gasteiger partial charge is 0.305 e. The Hall–Kier alpha value is -1.84. The highest BCUT2D eigenvalue weighted by molar-refractivity contribution is 5.94. The Morgan fingerprint density at radius 1 is 1.15 bits per heavy atom. The van der Waals surface area contributed by atoms with Crippen LogP contribution in [0.5, 0.6) is 0 Å². The molecule has 0 aliphatic heterocycles. The lowest BCUT2D eigenvalue weighted by molar-refractivity contribution is -0.136. The average molecular weight is 277 g/mol.